The monoisotopic (exact) mass is 273 g/mol. The van der Waals surface area contributed by atoms with Crippen LogP contribution in [0, 0.1) is 5.41 Å². The van der Waals surface area contributed by atoms with Crippen LogP contribution in [0.4, 0.5) is 0 Å². The van der Waals surface area contributed by atoms with Crippen molar-refractivity contribution in [2.75, 3.05) is 7.05 Å². The van der Waals surface area contributed by atoms with Gasteiger partial charge in [0.05, 0.1) is 0 Å². The van der Waals surface area contributed by atoms with Gasteiger partial charge in [-0.3, -0.25) is 0 Å². The van der Waals surface area contributed by atoms with Gasteiger partial charge in [0.15, 0.2) is 0 Å². The zero-order chi connectivity index (χ0) is 14.6. The van der Waals surface area contributed by atoms with Crippen molar-refractivity contribution in [1.82, 2.24) is 5.32 Å². The van der Waals surface area contributed by atoms with Gasteiger partial charge in [0, 0.05) is 6.04 Å². The summed E-state index contributed by atoms with van der Waals surface area (Å²) in [5, 5.41) is 3.61. The van der Waals surface area contributed by atoms with Crippen LogP contribution < -0.4 is 5.32 Å². The largest absolute Gasteiger partial charge is 0.313 e. The summed E-state index contributed by atoms with van der Waals surface area (Å²) in [4.78, 5) is 0. The summed E-state index contributed by atoms with van der Waals surface area (Å²) in [7, 11) is 2.13. The van der Waals surface area contributed by atoms with E-state index in [0.717, 1.165) is 0 Å². The second-order valence-corrected chi connectivity index (χ2v) is 6.62. The maximum atomic E-state index is 3.61. The van der Waals surface area contributed by atoms with Crippen molar-refractivity contribution >= 4 is 0 Å². The van der Waals surface area contributed by atoms with Gasteiger partial charge in [-0.05, 0) is 55.2 Å². The molecule has 0 spiro atoms. The highest BCUT2D eigenvalue weighted by Gasteiger charge is 2.39. The van der Waals surface area contributed by atoms with Gasteiger partial charge in [0.25, 0.3) is 0 Å². The average molecular weight is 273 g/mol. The molecule has 1 aliphatic carbocycles. The van der Waals surface area contributed by atoms with Gasteiger partial charge in [0.2, 0.25) is 0 Å². The zero-order valence-electron chi connectivity index (χ0n) is 13.7. The lowest BCUT2D eigenvalue weighted by Crippen LogP contribution is -2.34. The molecule has 1 aliphatic rings. The van der Waals surface area contributed by atoms with Crippen LogP contribution in [0.1, 0.15) is 82.4 Å². The van der Waals surface area contributed by atoms with Gasteiger partial charge < -0.3 is 5.32 Å². The van der Waals surface area contributed by atoms with Crippen molar-refractivity contribution in [3.8, 4) is 0 Å². The average Bonchev–Trinajstić information content (AvgIpc) is 2.98. The molecule has 0 heterocycles. The fraction of sp³-hybridized carbons (Fsp3) is 0.684. The molecule has 2 atom stereocenters. The van der Waals surface area contributed by atoms with Crippen LogP contribution in [0.25, 0.3) is 0 Å². The second kappa shape index (κ2) is 6.76. The first-order chi connectivity index (χ1) is 9.66. The lowest BCUT2D eigenvalue weighted by molar-refractivity contribution is 0.195. The Bertz CT molecular complexity index is 400. The molecule has 0 amide bonds. The van der Waals surface area contributed by atoms with E-state index in [1.165, 1.54) is 49.7 Å². The second-order valence-electron chi connectivity index (χ2n) is 6.62. The Morgan fingerprint density at radius 3 is 2.05 bits per heavy atom. The van der Waals surface area contributed by atoms with Crippen LogP contribution in [0.3, 0.4) is 0 Å². The van der Waals surface area contributed by atoms with Crippen LogP contribution in [0.2, 0.25) is 0 Å². The fourth-order valence-corrected chi connectivity index (χ4v) is 4.00. The molecule has 112 valence electrons. The Labute approximate surface area is 125 Å². The molecule has 1 fully saturated rings. The molecule has 20 heavy (non-hydrogen) atoms. The zero-order valence-corrected chi connectivity index (χ0v) is 13.7. The first-order valence-electron chi connectivity index (χ1n) is 8.44. The lowest BCUT2D eigenvalue weighted by atomic mass is 9.73. The van der Waals surface area contributed by atoms with Gasteiger partial charge in [-0.1, -0.05) is 57.9 Å². The van der Waals surface area contributed by atoms with Crippen LogP contribution >= 0.6 is 0 Å². The van der Waals surface area contributed by atoms with Crippen LogP contribution in [-0.4, -0.2) is 7.05 Å². The molecule has 1 N–H and O–H groups in total. The Hall–Kier alpha value is -0.820. The van der Waals surface area contributed by atoms with Crippen molar-refractivity contribution in [2.24, 2.45) is 5.41 Å². The maximum Gasteiger partial charge on any atom is 0.0374 e. The quantitative estimate of drug-likeness (QED) is 0.728. The molecule has 2 rings (SSSR count). The van der Waals surface area contributed by atoms with Gasteiger partial charge >= 0.3 is 0 Å². The maximum absolute atomic E-state index is 3.61. The molecule has 0 saturated heterocycles. The molecule has 2 unspecified atom stereocenters. The van der Waals surface area contributed by atoms with E-state index in [1.54, 1.807) is 0 Å². The Morgan fingerprint density at radius 2 is 1.60 bits per heavy atom. The standard InChI is InChI=1S/C19H31N/c1-5-15(3)16-9-11-17(12-10-16)18(20-4)19(6-2)13-7-8-14-19/h9-12,15,18,20H,5-8,13-14H2,1-4H3. The minimum absolute atomic E-state index is 0.479. The highest BCUT2D eigenvalue weighted by Crippen LogP contribution is 2.49. The summed E-state index contributed by atoms with van der Waals surface area (Å²) in [6.07, 6.45) is 8.05. The molecule has 1 aromatic rings. The molecule has 0 bridgehead atoms. The first kappa shape index (κ1) is 15.6. The predicted octanol–water partition coefficient (Wildman–Crippen LogP) is 5.43. The van der Waals surface area contributed by atoms with E-state index in [0.29, 0.717) is 17.4 Å². The minimum Gasteiger partial charge on any atom is -0.313 e. The third-order valence-corrected chi connectivity index (χ3v) is 5.66. The van der Waals surface area contributed by atoms with Gasteiger partial charge in [-0.15, -0.1) is 0 Å². The summed E-state index contributed by atoms with van der Waals surface area (Å²) >= 11 is 0. The van der Waals surface area contributed by atoms with Gasteiger partial charge in [-0.25, -0.2) is 0 Å². The highest BCUT2D eigenvalue weighted by atomic mass is 14.9. The number of hydrogen-bond donors (Lipinski definition) is 1. The number of rotatable bonds is 6. The van der Waals surface area contributed by atoms with E-state index < -0.39 is 0 Å². The number of nitrogens with one attached hydrogen (secondary N) is 1. The normalized spacial score (nSPS) is 20.8. The Morgan fingerprint density at radius 1 is 1.05 bits per heavy atom. The van der Waals surface area contributed by atoms with Gasteiger partial charge in [0.1, 0.15) is 0 Å². The molecular formula is C19H31N. The smallest absolute Gasteiger partial charge is 0.0374 e. The lowest BCUT2D eigenvalue weighted by Gasteiger charge is -2.37. The van der Waals surface area contributed by atoms with E-state index in [2.05, 4.69) is 57.4 Å². The van der Waals surface area contributed by atoms with Crippen molar-refractivity contribution in [1.29, 1.82) is 0 Å². The highest BCUT2D eigenvalue weighted by molar-refractivity contribution is 5.28. The molecule has 0 aliphatic heterocycles. The molecule has 1 nitrogen and oxygen atoms in total. The molecule has 0 radical (unpaired) electrons. The first-order valence-corrected chi connectivity index (χ1v) is 8.44. The molecule has 0 aromatic heterocycles. The van der Waals surface area contributed by atoms with E-state index in [4.69, 9.17) is 0 Å². The number of benzene rings is 1. The summed E-state index contributed by atoms with van der Waals surface area (Å²) in [5.74, 6) is 0.670. The van der Waals surface area contributed by atoms with Crippen LogP contribution in [0.15, 0.2) is 24.3 Å². The van der Waals surface area contributed by atoms with Crippen molar-refractivity contribution in [3.63, 3.8) is 0 Å². The van der Waals surface area contributed by atoms with Crippen LogP contribution in [-0.2, 0) is 0 Å². The van der Waals surface area contributed by atoms with Crippen LogP contribution in [0.5, 0.6) is 0 Å². The molecule has 1 saturated carbocycles. The fourth-order valence-electron chi connectivity index (χ4n) is 4.00. The summed E-state index contributed by atoms with van der Waals surface area (Å²) < 4.78 is 0. The Balaban J connectivity index is 2.23. The van der Waals surface area contributed by atoms with Crippen molar-refractivity contribution in [2.45, 2.75) is 71.3 Å². The van der Waals surface area contributed by atoms with Crippen molar-refractivity contribution < 1.29 is 0 Å². The van der Waals surface area contributed by atoms with E-state index in [1.807, 2.05) is 0 Å². The summed E-state index contributed by atoms with van der Waals surface area (Å²) in [6, 6.07) is 9.91. The third kappa shape index (κ3) is 2.93. The summed E-state index contributed by atoms with van der Waals surface area (Å²) in [5.41, 5.74) is 3.43. The SMILES string of the molecule is CCC(C)c1ccc(C(NC)C2(CC)CCCC2)cc1. The summed E-state index contributed by atoms with van der Waals surface area (Å²) in [6.45, 7) is 6.94. The van der Waals surface area contributed by atoms with E-state index in [9.17, 15) is 0 Å². The molecular weight excluding hydrogens is 242 g/mol. The van der Waals surface area contributed by atoms with E-state index in [-0.39, 0.29) is 0 Å². The Kier molecular flexibility index (Phi) is 5.26. The number of hydrogen-bond acceptors (Lipinski definition) is 1. The van der Waals surface area contributed by atoms with Gasteiger partial charge in [-0.2, -0.15) is 0 Å². The minimum atomic E-state index is 0.479. The predicted molar refractivity (Wildman–Crippen MR) is 88.1 cm³/mol. The van der Waals surface area contributed by atoms with Crippen molar-refractivity contribution in [3.05, 3.63) is 35.4 Å². The molecule has 1 aromatic carbocycles. The topological polar surface area (TPSA) is 12.0 Å². The third-order valence-electron chi connectivity index (χ3n) is 5.66. The molecule has 1 heteroatoms. The van der Waals surface area contributed by atoms with E-state index >= 15 is 0 Å².